The van der Waals surface area contributed by atoms with E-state index in [0.29, 0.717) is 5.69 Å². The molecule has 0 aliphatic carbocycles. The molecule has 2 aromatic rings. The number of nitrogens with zero attached hydrogens (tertiary/aromatic N) is 3. The van der Waals surface area contributed by atoms with Crippen molar-refractivity contribution in [3.63, 3.8) is 0 Å². The van der Waals surface area contributed by atoms with E-state index in [1.165, 1.54) is 5.56 Å². The standard InChI is InChI=1S/C13H17N3O2/c1-10(17)13-9-16(15-14-13)8-7-11-3-5-12(18-2)6-4-11/h3-6,9-10,17H,7-8H2,1-2H3. The molecule has 0 bridgehead atoms. The van der Waals surface area contributed by atoms with E-state index in [9.17, 15) is 5.11 Å². The molecular weight excluding hydrogens is 230 g/mol. The van der Waals surface area contributed by atoms with Crippen LogP contribution in [0.2, 0.25) is 0 Å². The Bertz CT molecular complexity index is 491. The molecule has 1 unspecified atom stereocenters. The lowest BCUT2D eigenvalue weighted by Gasteiger charge is -2.03. The molecule has 96 valence electrons. The fourth-order valence-electron chi connectivity index (χ4n) is 1.65. The SMILES string of the molecule is COc1ccc(CCn2cc(C(C)O)nn2)cc1. The van der Waals surface area contributed by atoms with Crippen molar-refractivity contribution in [3.05, 3.63) is 41.7 Å². The van der Waals surface area contributed by atoms with Crippen LogP contribution < -0.4 is 4.74 Å². The van der Waals surface area contributed by atoms with Crippen molar-refractivity contribution in [1.29, 1.82) is 0 Å². The molecule has 0 radical (unpaired) electrons. The van der Waals surface area contributed by atoms with Gasteiger partial charge < -0.3 is 9.84 Å². The van der Waals surface area contributed by atoms with Crippen molar-refractivity contribution in [1.82, 2.24) is 15.0 Å². The van der Waals surface area contributed by atoms with Gasteiger partial charge in [0.2, 0.25) is 0 Å². The molecule has 0 spiro atoms. The van der Waals surface area contributed by atoms with Crippen LogP contribution in [0.15, 0.2) is 30.5 Å². The fourth-order valence-corrected chi connectivity index (χ4v) is 1.65. The van der Waals surface area contributed by atoms with Crippen LogP contribution in [0.1, 0.15) is 24.3 Å². The minimum atomic E-state index is -0.570. The van der Waals surface area contributed by atoms with Gasteiger partial charge in [0.15, 0.2) is 0 Å². The minimum Gasteiger partial charge on any atom is -0.497 e. The Kier molecular flexibility index (Phi) is 3.94. The first-order chi connectivity index (χ1) is 8.69. The van der Waals surface area contributed by atoms with Gasteiger partial charge in [0.1, 0.15) is 11.4 Å². The zero-order valence-electron chi connectivity index (χ0n) is 10.6. The maximum atomic E-state index is 9.35. The zero-order chi connectivity index (χ0) is 13.0. The van der Waals surface area contributed by atoms with Crippen molar-refractivity contribution in [3.8, 4) is 5.75 Å². The van der Waals surface area contributed by atoms with Gasteiger partial charge in [0, 0.05) is 6.54 Å². The van der Waals surface area contributed by atoms with Crippen molar-refractivity contribution in [2.24, 2.45) is 0 Å². The molecule has 0 amide bonds. The summed E-state index contributed by atoms with van der Waals surface area (Å²) in [6, 6.07) is 7.95. The number of aromatic nitrogens is 3. The number of aliphatic hydroxyl groups excluding tert-OH is 1. The second-order valence-corrected chi connectivity index (χ2v) is 4.18. The number of rotatable bonds is 5. The quantitative estimate of drug-likeness (QED) is 0.871. The molecule has 0 aliphatic rings. The predicted molar refractivity (Wildman–Crippen MR) is 67.4 cm³/mol. The number of methoxy groups -OCH3 is 1. The molecule has 0 fully saturated rings. The number of benzene rings is 1. The Balaban J connectivity index is 1.93. The maximum Gasteiger partial charge on any atom is 0.118 e. The third-order valence-corrected chi connectivity index (χ3v) is 2.77. The van der Waals surface area contributed by atoms with Crippen LogP contribution in [0.25, 0.3) is 0 Å². The first-order valence-corrected chi connectivity index (χ1v) is 5.90. The van der Waals surface area contributed by atoms with Gasteiger partial charge in [-0.3, -0.25) is 4.68 Å². The van der Waals surface area contributed by atoms with E-state index in [4.69, 9.17) is 4.74 Å². The van der Waals surface area contributed by atoms with E-state index in [1.54, 1.807) is 24.9 Å². The van der Waals surface area contributed by atoms with Crippen LogP contribution in [-0.4, -0.2) is 27.2 Å². The summed E-state index contributed by atoms with van der Waals surface area (Å²) in [5, 5.41) is 17.2. The number of hydrogen-bond donors (Lipinski definition) is 1. The van der Waals surface area contributed by atoms with Gasteiger partial charge in [-0.15, -0.1) is 5.10 Å². The van der Waals surface area contributed by atoms with Gasteiger partial charge in [-0.1, -0.05) is 17.3 Å². The highest BCUT2D eigenvalue weighted by molar-refractivity contribution is 5.27. The summed E-state index contributed by atoms with van der Waals surface area (Å²) in [4.78, 5) is 0. The summed E-state index contributed by atoms with van der Waals surface area (Å²) in [6.07, 6.45) is 2.07. The molecule has 1 heterocycles. The molecule has 1 atom stereocenters. The smallest absolute Gasteiger partial charge is 0.118 e. The molecule has 1 N–H and O–H groups in total. The topological polar surface area (TPSA) is 60.2 Å². The molecular formula is C13H17N3O2. The Morgan fingerprint density at radius 3 is 2.61 bits per heavy atom. The van der Waals surface area contributed by atoms with Gasteiger partial charge in [0.05, 0.1) is 19.4 Å². The normalized spacial score (nSPS) is 12.4. The summed E-state index contributed by atoms with van der Waals surface area (Å²) >= 11 is 0. The second kappa shape index (κ2) is 5.64. The van der Waals surface area contributed by atoms with Crippen LogP contribution in [0, 0.1) is 0 Å². The van der Waals surface area contributed by atoms with Crippen LogP contribution in [0.5, 0.6) is 5.75 Å². The Labute approximate surface area is 106 Å². The molecule has 18 heavy (non-hydrogen) atoms. The predicted octanol–water partition coefficient (Wildman–Crippen LogP) is 1.58. The molecule has 5 nitrogen and oxygen atoms in total. The van der Waals surface area contributed by atoms with E-state index in [-0.39, 0.29) is 0 Å². The fraction of sp³-hybridized carbons (Fsp3) is 0.385. The molecule has 0 aliphatic heterocycles. The van der Waals surface area contributed by atoms with E-state index in [2.05, 4.69) is 10.3 Å². The molecule has 1 aromatic heterocycles. The van der Waals surface area contributed by atoms with E-state index < -0.39 is 6.10 Å². The summed E-state index contributed by atoms with van der Waals surface area (Å²) in [5.74, 6) is 0.857. The average Bonchev–Trinajstić information content (AvgIpc) is 2.86. The first kappa shape index (κ1) is 12.6. The minimum absolute atomic E-state index is 0.570. The van der Waals surface area contributed by atoms with Gasteiger partial charge in [-0.25, -0.2) is 0 Å². The molecule has 2 rings (SSSR count). The van der Waals surface area contributed by atoms with Crippen LogP contribution in [0.3, 0.4) is 0 Å². The van der Waals surface area contributed by atoms with Gasteiger partial charge >= 0.3 is 0 Å². The van der Waals surface area contributed by atoms with Crippen molar-refractivity contribution < 1.29 is 9.84 Å². The summed E-state index contributed by atoms with van der Waals surface area (Å²) in [5.41, 5.74) is 1.81. The van der Waals surface area contributed by atoms with E-state index >= 15 is 0 Å². The van der Waals surface area contributed by atoms with Crippen LogP contribution >= 0.6 is 0 Å². The third kappa shape index (κ3) is 3.07. The summed E-state index contributed by atoms with van der Waals surface area (Å²) in [6.45, 7) is 2.42. The number of ether oxygens (including phenoxy) is 1. The highest BCUT2D eigenvalue weighted by atomic mass is 16.5. The summed E-state index contributed by atoms with van der Waals surface area (Å²) in [7, 11) is 1.65. The summed E-state index contributed by atoms with van der Waals surface area (Å²) < 4.78 is 6.85. The van der Waals surface area contributed by atoms with E-state index in [1.807, 2.05) is 24.3 Å². The number of aryl methyl sites for hydroxylation is 2. The van der Waals surface area contributed by atoms with Gasteiger partial charge in [0.25, 0.3) is 0 Å². The van der Waals surface area contributed by atoms with Gasteiger partial charge in [-0.05, 0) is 31.0 Å². The van der Waals surface area contributed by atoms with Crippen molar-refractivity contribution >= 4 is 0 Å². The number of aliphatic hydroxyl groups is 1. The lowest BCUT2D eigenvalue weighted by atomic mass is 10.1. The largest absolute Gasteiger partial charge is 0.497 e. The maximum absolute atomic E-state index is 9.35. The Morgan fingerprint density at radius 2 is 2.06 bits per heavy atom. The average molecular weight is 247 g/mol. The van der Waals surface area contributed by atoms with Crippen molar-refractivity contribution in [2.75, 3.05) is 7.11 Å². The molecule has 5 heteroatoms. The monoisotopic (exact) mass is 247 g/mol. The number of hydrogen-bond acceptors (Lipinski definition) is 4. The highest BCUT2D eigenvalue weighted by Gasteiger charge is 2.06. The molecule has 0 saturated carbocycles. The van der Waals surface area contributed by atoms with E-state index in [0.717, 1.165) is 18.7 Å². The van der Waals surface area contributed by atoms with Crippen LogP contribution in [-0.2, 0) is 13.0 Å². The molecule has 1 aromatic carbocycles. The first-order valence-electron chi connectivity index (χ1n) is 5.90. The van der Waals surface area contributed by atoms with Crippen molar-refractivity contribution in [2.45, 2.75) is 26.0 Å². The second-order valence-electron chi connectivity index (χ2n) is 4.18. The van der Waals surface area contributed by atoms with Gasteiger partial charge in [-0.2, -0.15) is 0 Å². The lowest BCUT2D eigenvalue weighted by Crippen LogP contribution is -2.02. The molecule has 0 saturated heterocycles. The lowest BCUT2D eigenvalue weighted by molar-refractivity contribution is 0.194. The van der Waals surface area contributed by atoms with Crippen LogP contribution in [0.4, 0.5) is 0 Å². The Morgan fingerprint density at radius 1 is 1.33 bits per heavy atom. The zero-order valence-corrected chi connectivity index (χ0v) is 10.6. The highest BCUT2D eigenvalue weighted by Crippen LogP contribution is 2.12. The third-order valence-electron chi connectivity index (χ3n) is 2.77. The Hall–Kier alpha value is -1.88.